The van der Waals surface area contributed by atoms with Crippen molar-refractivity contribution < 1.29 is 4.79 Å². The number of hydrogen-bond donors (Lipinski definition) is 1. The Morgan fingerprint density at radius 1 is 1.15 bits per heavy atom. The van der Waals surface area contributed by atoms with E-state index in [-0.39, 0.29) is 5.12 Å². The second-order valence-electron chi connectivity index (χ2n) is 2.56. The van der Waals surface area contributed by atoms with Crippen molar-refractivity contribution in [2.45, 2.75) is 0 Å². The molecule has 0 saturated heterocycles. The number of rotatable bonds is 1. The predicted molar refractivity (Wildman–Crippen MR) is 52.9 cm³/mol. The van der Waals surface area contributed by atoms with E-state index in [0.29, 0.717) is 11.1 Å². The number of aromatic nitrogens is 2. The molecule has 0 N–H and O–H groups in total. The van der Waals surface area contributed by atoms with Gasteiger partial charge in [0, 0.05) is 18.0 Å². The van der Waals surface area contributed by atoms with Crippen molar-refractivity contribution >= 4 is 28.8 Å². The molecule has 3 nitrogen and oxygen atoms in total. The molecule has 0 spiro atoms. The molecule has 0 radical (unpaired) electrons. The third-order valence-electron chi connectivity index (χ3n) is 1.72. The minimum Gasteiger partial charge on any atom is -0.282 e. The molecule has 0 atom stereocenters. The molecule has 0 aliphatic carbocycles. The van der Waals surface area contributed by atoms with E-state index in [1.807, 2.05) is 0 Å². The number of carbonyl (C=O) groups excluding carboxylic acids is 1. The summed E-state index contributed by atoms with van der Waals surface area (Å²) in [6.07, 6.45) is 3.21. The zero-order valence-electron chi connectivity index (χ0n) is 6.64. The van der Waals surface area contributed by atoms with Gasteiger partial charge < -0.3 is 0 Å². The van der Waals surface area contributed by atoms with Crippen LogP contribution in [0.3, 0.4) is 0 Å². The van der Waals surface area contributed by atoms with E-state index >= 15 is 0 Å². The first-order valence-corrected chi connectivity index (χ1v) is 4.16. The molecule has 4 heteroatoms. The van der Waals surface area contributed by atoms with Crippen molar-refractivity contribution in [2.75, 3.05) is 0 Å². The quantitative estimate of drug-likeness (QED) is 0.696. The van der Waals surface area contributed by atoms with Crippen molar-refractivity contribution in [1.82, 2.24) is 9.97 Å². The summed E-state index contributed by atoms with van der Waals surface area (Å²) >= 11 is 3.73. The van der Waals surface area contributed by atoms with Crippen molar-refractivity contribution in [1.29, 1.82) is 0 Å². The number of fused-ring (bicyclic) bond motifs is 1. The van der Waals surface area contributed by atoms with Crippen LogP contribution in [0.25, 0.3) is 11.0 Å². The van der Waals surface area contributed by atoms with Crippen molar-refractivity contribution in [3.8, 4) is 0 Å². The Balaban J connectivity index is 2.69. The van der Waals surface area contributed by atoms with Gasteiger partial charge in [-0.2, -0.15) is 0 Å². The summed E-state index contributed by atoms with van der Waals surface area (Å²) in [5.74, 6) is 0. The van der Waals surface area contributed by atoms with Gasteiger partial charge >= 0.3 is 0 Å². The van der Waals surface area contributed by atoms with Gasteiger partial charge in [0.25, 0.3) is 0 Å². The molecule has 0 saturated carbocycles. The third-order valence-corrected chi connectivity index (χ3v) is 1.97. The summed E-state index contributed by atoms with van der Waals surface area (Å²) < 4.78 is 0. The summed E-state index contributed by atoms with van der Waals surface area (Å²) in [6, 6.07) is 5.12. The first kappa shape index (κ1) is 8.19. The van der Waals surface area contributed by atoms with Crippen LogP contribution in [-0.2, 0) is 0 Å². The second kappa shape index (κ2) is 3.14. The summed E-state index contributed by atoms with van der Waals surface area (Å²) in [6.45, 7) is 0. The summed E-state index contributed by atoms with van der Waals surface area (Å²) in [4.78, 5) is 19.1. The highest BCUT2D eigenvalue weighted by Crippen LogP contribution is 2.11. The number of hydrogen-bond acceptors (Lipinski definition) is 3. The van der Waals surface area contributed by atoms with Gasteiger partial charge in [0.05, 0.1) is 11.0 Å². The van der Waals surface area contributed by atoms with Crippen LogP contribution in [0.1, 0.15) is 10.4 Å². The Kier molecular flexibility index (Phi) is 1.98. The first-order chi connectivity index (χ1) is 6.27. The van der Waals surface area contributed by atoms with Crippen LogP contribution in [0, 0.1) is 0 Å². The normalized spacial score (nSPS) is 10.2. The van der Waals surface area contributed by atoms with Gasteiger partial charge in [0.15, 0.2) is 0 Å². The highest BCUT2D eigenvalue weighted by atomic mass is 32.1. The molecular formula is C9H6N2OS. The van der Waals surface area contributed by atoms with E-state index in [2.05, 4.69) is 22.6 Å². The summed E-state index contributed by atoms with van der Waals surface area (Å²) in [5, 5.41) is -0.257. The summed E-state index contributed by atoms with van der Waals surface area (Å²) in [7, 11) is 0. The van der Waals surface area contributed by atoms with Gasteiger partial charge in [-0.1, -0.05) is 0 Å². The zero-order chi connectivity index (χ0) is 9.26. The highest BCUT2D eigenvalue weighted by molar-refractivity contribution is 7.97. The Morgan fingerprint density at radius 2 is 1.85 bits per heavy atom. The van der Waals surface area contributed by atoms with Crippen LogP contribution in [0.5, 0.6) is 0 Å². The minimum absolute atomic E-state index is 0.257. The highest BCUT2D eigenvalue weighted by Gasteiger charge is 2.01. The van der Waals surface area contributed by atoms with Crippen molar-refractivity contribution in [2.24, 2.45) is 0 Å². The van der Waals surface area contributed by atoms with E-state index in [1.165, 1.54) is 0 Å². The molecule has 0 fully saturated rings. The van der Waals surface area contributed by atoms with Crippen LogP contribution in [0.15, 0.2) is 30.6 Å². The maximum absolute atomic E-state index is 10.9. The molecule has 0 bridgehead atoms. The maximum atomic E-state index is 10.9. The molecule has 13 heavy (non-hydrogen) atoms. The fraction of sp³-hybridized carbons (Fsp3) is 0. The average Bonchev–Trinajstić information content (AvgIpc) is 2.17. The number of thiol groups is 1. The van der Waals surface area contributed by atoms with Crippen LogP contribution >= 0.6 is 12.6 Å². The Morgan fingerprint density at radius 3 is 2.54 bits per heavy atom. The van der Waals surface area contributed by atoms with Crippen molar-refractivity contribution in [3.63, 3.8) is 0 Å². The van der Waals surface area contributed by atoms with E-state index in [9.17, 15) is 4.79 Å². The minimum atomic E-state index is -0.257. The molecule has 0 aliphatic rings. The van der Waals surface area contributed by atoms with Gasteiger partial charge in [-0.15, -0.1) is 12.6 Å². The predicted octanol–water partition coefficient (Wildman–Crippen LogP) is 1.70. The molecular weight excluding hydrogens is 184 g/mol. The van der Waals surface area contributed by atoms with E-state index in [1.54, 1.807) is 30.6 Å². The van der Waals surface area contributed by atoms with E-state index in [0.717, 1.165) is 5.52 Å². The van der Waals surface area contributed by atoms with Crippen LogP contribution in [0.4, 0.5) is 0 Å². The Bertz CT molecular complexity index is 470. The molecule has 0 aliphatic heterocycles. The number of benzene rings is 1. The molecule has 0 amide bonds. The molecule has 1 heterocycles. The van der Waals surface area contributed by atoms with Gasteiger partial charge in [0.1, 0.15) is 0 Å². The van der Waals surface area contributed by atoms with E-state index in [4.69, 9.17) is 0 Å². The molecule has 1 aromatic heterocycles. The van der Waals surface area contributed by atoms with Gasteiger partial charge in [-0.3, -0.25) is 14.8 Å². The van der Waals surface area contributed by atoms with Crippen LogP contribution in [-0.4, -0.2) is 15.1 Å². The lowest BCUT2D eigenvalue weighted by Gasteiger charge is -1.96. The third kappa shape index (κ3) is 1.53. The monoisotopic (exact) mass is 190 g/mol. The van der Waals surface area contributed by atoms with Gasteiger partial charge in [-0.25, -0.2) is 0 Å². The molecule has 2 aromatic rings. The van der Waals surface area contributed by atoms with Gasteiger partial charge in [0.2, 0.25) is 5.12 Å². The fourth-order valence-electron chi connectivity index (χ4n) is 1.10. The largest absolute Gasteiger partial charge is 0.282 e. The molecule has 2 rings (SSSR count). The topological polar surface area (TPSA) is 42.9 Å². The van der Waals surface area contributed by atoms with Gasteiger partial charge in [-0.05, 0) is 18.2 Å². The van der Waals surface area contributed by atoms with Crippen molar-refractivity contribution in [3.05, 3.63) is 36.2 Å². The lowest BCUT2D eigenvalue weighted by Crippen LogP contribution is -1.90. The fourth-order valence-corrected chi connectivity index (χ4v) is 1.24. The average molecular weight is 190 g/mol. The summed E-state index contributed by atoms with van der Waals surface area (Å²) in [5.41, 5.74) is 2.03. The molecule has 64 valence electrons. The van der Waals surface area contributed by atoms with E-state index < -0.39 is 0 Å². The lowest BCUT2D eigenvalue weighted by molar-refractivity contribution is 0.109. The number of carbonyl (C=O) groups is 1. The van der Waals surface area contributed by atoms with Crippen LogP contribution in [0.2, 0.25) is 0 Å². The SMILES string of the molecule is O=C(S)c1ccc2nccnc2c1. The maximum Gasteiger partial charge on any atom is 0.216 e. The smallest absolute Gasteiger partial charge is 0.216 e. The number of nitrogens with zero attached hydrogens (tertiary/aromatic N) is 2. The molecule has 0 unspecified atom stereocenters. The first-order valence-electron chi connectivity index (χ1n) is 3.71. The lowest BCUT2D eigenvalue weighted by atomic mass is 10.2. The standard InChI is InChI=1S/C9H6N2OS/c12-9(13)6-1-2-7-8(5-6)11-4-3-10-7/h1-5H,(H,12,13). The zero-order valence-corrected chi connectivity index (χ0v) is 7.53. The molecule has 1 aromatic carbocycles. The Labute approximate surface area is 80.2 Å². The van der Waals surface area contributed by atoms with Crippen LogP contribution < -0.4 is 0 Å². The Hall–Kier alpha value is -1.42. The second-order valence-corrected chi connectivity index (χ2v) is 2.97.